The van der Waals surface area contributed by atoms with Gasteiger partial charge in [-0.2, -0.15) is 0 Å². The van der Waals surface area contributed by atoms with Crippen LogP contribution in [0.25, 0.3) is 17.1 Å². The van der Waals surface area contributed by atoms with E-state index in [1.165, 1.54) is 0 Å². The molecule has 0 aliphatic heterocycles. The fraction of sp³-hybridized carbons (Fsp3) is 0.154. The molecule has 0 unspecified atom stereocenters. The zero-order chi connectivity index (χ0) is 12.7. The minimum Gasteiger partial charge on any atom is -0.459 e. The van der Waals surface area contributed by atoms with Gasteiger partial charge in [-0.15, -0.1) is 0 Å². The Balaban J connectivity index is 2.23. The number of fused-ring (bicyclic) bond motifs is 1. The average Bonchev–Trinajstić information content (AvgIpc) is 2.96. The van der Waals surface area contributed by atoms with Crippen LogP contribution >= 0.6 is 11.6 Å². The lowest BCUT2D eigenvalue weighted by Crippen LogP contribution is -1.93. The summed E-state index contributed by atoms with van der Waals surface area (Å²) in [5.74, 6) is 2.11. The van der Waals surface area contributed by atoms with Crippen LogP contribution in [0.4, 0.5) is 5.82 Å². The Morgan fingerprint density at radius 1 is 1.39 bits per heavy atom. The van der Waals surface area contributed by atoms with Gasteiger partial charge in [-0.3, -0.25) is 4.40 Å². The first kappa shape index (κ1) is 11.2. The Hall–Kier alpha value is -1.94. The molecule has 0 amide bonds. The highest BCUT2D eigenvalue weighted by atomic mass is 35.5. The topological polar surface area (TPSA) is 56.5 Å². The Morgan fingerprint density at radius 3 is 2.89 bits per heavy atom. The molecule has 3 heterocycles. The predicted molar refractivity (Wildman–Crippen MR) is 71.7 cm³/mol. The summed E-state index contributed by atoms with van der Waals surface area (Å²) in [5, 5.41) is 0.567. The summed E-state index contributed by atoms with van der Waals surface area (Å²) in [4.78, 5) is 4.44. The molecular formula is C13H12ClN3O. The normalized spacial score (nSPS) is 11.2. The summed E-state index contributed by atoms with van der Waals surface area (Å²) >= 11 is 6.09. The molecule has 0 aliphatic rings. The van der Waals surface area contributed by atoms with E-state index in [-0.39, 0.29) is 0 Å². The Morgan fingerprint density at radius 2 is 2.22 bits per heavy atom. The van der Waals surface area contributed by atoms with Gasteiger partial charge in [0.1, 0.15) is 17.3 Å². The maximum atomic E-state index is 6.09. The maximum absolute atomic E-state index is 6.09. The number of imidazole rings is 1. The molecule has 3 aromatic rings. The number of nitrogen functional groups attached to an aromatic ring is 1. The fourth-order valence-electron chi connectivity index (χ4n) is 1.93. The smallest absolute Gasteiger partial charge is 0.158 e. The molecule has 2 N–H and O–H groups in total. The number of rotatable bonds is 2. The minimum absolute atomic E-state index is 0.532. The zero-order valence-electron chi connectivity index (χ0n) is 9.85. The van der Waals surface area contributed by atoms with Crippen LogP contribution in [0.2, 0.25) is 5.02 Å². The molecule has 0 saturated carbocycles. The number of halogens is 1. The lowest BCUT2D eigenvalue weighted by molar-refractivity contribution is 0.528. The molecule has 3 aromatic heterocycles. The standard InChI is InChI=1S/C13H12ClN3O/c1-2-8-5-6-10(18-8)11-12(15)17-7-3-4-9(14)13(17)16-11/h3-7H,2,15H2,1H3. The largest absolute Gasteiger partial charge is 0.459 e. The van der Waals surface area contributed by atoms with E-state index in [1.807, 2.05) is 31.3 Å². The second kappa shape index (κ2) is 4.07. The molecule has 4 nitrogen and oxygen atoms in total. The zero-order valence-corrected chi connectivity index (χ0v) is 10.6. The van der Waals surface area contributed by atoms with E-state index in [9.17, 15) is 0 Å². The number of aryl methyl sites for hydroxylation is 1. The molecule has 0 bridgehead atoms. The number of furan rings is 1. The first-order chi connectivity index (χ1) is 8.70. The molecule has 0 spiro atoms. The monoisotopic (exact) mass is 261 g/mol. The van der Waals surface area contributed by atoms with Gasteiger partial charge in [0.2, 0.25) is 0 Å². The van der Waals surface area contributed by atoms with E-state index >= 15 is 0 Å². The third-order valence-electron chi connectivity index (χ3n) is 2.88. The number of anilines is 1. The minimum atomic E-state index is 0.532. The van der Waals surface area contributed by atoms with Gasteiger partial charge in [0.15, 0.2) is 11.4 Å². The van der Waals surface area contributed by atoms with E-state index in [0.717, 1.165) is 12.2 Å². The van der Waals surface area contributed by atoms with Crippen LogP contribution in [-0.2, 0) is 6.42 Å². The molecule has 3 rings (SSSR count). The lowest BCUT2D eigenvalue weighted by Gasteiger charge is -1.96. The second-order valence-electron chi connectivity index (χ2n) is 4.01. The Bertz CT molecular complexity index is 714. The molecule has 92 valence electrons. The average molecular weight is 262 g/mol. The van der Waals surface area contributed by atoms with Crippen molar-refractivity contribution in [3.8, 4) is 11.5 Å². The van der Waals surface area contributed by atoms with Gasteiger partial charge in [0.25, 0.3) is 0 Å². The summed E-state index contributed by atoms with van der Waals surface area (Å²) in [5.41, 5.74) is 7.34. The van der Waals surface area contributed by atoms with Crippen LogP contribution < -0.4 is 5.73 Å². The summed E-state index contributed by atoms with van der Waals surface area (Å²) in [6.45, 7) is 2.03. The lowest BCUT2D eigenvalue weighted by atomic mass is 10.3. The highest BCUT2D eigenvalue weighted by Crippen LogP contribution is 2.30. The highest BCUT2D eigenvalue weighted by Gasteiger charge is 2.15. The second-order valence-corrected chi connectivity index (χ2v) is 4.42. The van der Waals surface area contributed by atoms with Crippen LogP contribution in [-0.4, -0.2) is 9.38 Å². The molecule has 0 atom stereocenters. The van der Waals surface area contributed by atoms with E-state index < -0.39 is 0 Å². The van der Waals surface area contributed by atoms with Crippen molar-refractivity contribution in [1.82, 2.24) is 9.38 Å². The van der Waals surface area contributed by atoms with Crippen molar-refractivity contribution in [3.05, 3.63) is 41.2 Å². The molecule has 0 fully saturated rings. The molecule has 0 aromatic carbocycles. The fourth-order valence-corrected chi connectivity index (χ4v) is 2.14. The highest BCUT2D eigenvalue weighted by molar-refractivity contribution is 6.33. The molecule has 18 heavy (non-hydrogen) atoms. The number of nitrogens with zero attached hydrogens (tertiary/aromatic N) is 2. The van der Waals surface area contributed by atoms with Crippen LogP contribution in [0, 0.1) is 0 Å². The third kappa shape index (κ3) is 1.57. The van der Waals surface area contributed by atoms with Gasteiger partial charge in [0, 0.05) is 12.6 Å². The van der Waals surface area contributed by atoms with Gasteiger partial charge in [-0.1, -0.05) is 18.5 Å². The Kier molecular flexibility index (Phi) is 2.52. The van der Waals surface area contributed by atoms with E-state index in [4.69, 9.17) is 21.8 Å². The van der Waals surface area contributed by atoms with Gasteiger partial charge in [-0.25, -0.2) is 4.98 Å². The van der Waals surface area contributed by atoms with Crippen LogP contribution in [0.3, 0.4) is 0 Å². The Labute approximate surface area is 109 Å². The summed E-state index contributed by atoms with van der Waals surface area (Å²) in [6.07, 6.45) is 2.67. The van der Waals surface area contributed by atoms with Crippen molar-refractivity contribution in [3.63, 3.8) is 0 Å². The maximum Gasteiger partial charge on any atom is 0.158 e. The van der Waals surface area contributed by atoms with Gasteiger partial charge in [0.05, 0.1) is 5.02 Å². The predicted octanol–water partition coefficient (Wildman–Crippen LogP) is 3.39. The van der Waals surface area contributed by atoms with Crippen molar-refractivity contribution < 1.29 is 4.42 Å². The molecule has 0 aliphatic carbocycles. The molecule has 0 saturated heterocycles. The summed E-state index contributed by atoms with van der Waals surface area (Å²) < 4.78 is 7.43. The molecular weight excluding hydrogens is 250 g/mol. The van der Waals surface area contributed by atoms with Gasteiger partial charge in [-0.05, 0) is 24.3 Å². The van der Waals surface area contributed by atoms with Crippen molar-refractivity contribution in [1.29, 1.82) is 0 Å². The third-order valence-corrected chi connectivity index (χ3v) is 3.18. The van der Waals surface area contributed by atoms with Crippen LogP contribution in [0.15, 0.2) is 34.9 Å². The van der Waals surface area contributed by atoms with E-state index in [2.05, 4.69) is 4.98 Å². The van der Waals surface area contributed by atoms with Crippen molar-refractivity contribution in [2.45, 2.75) is 13.3 Å². The SMILES string of the molecule is CCc1ccc(-c2nc3c(Cl)cccn3c2N)o1. The summed E-state index contributed by atoms with van der Waals surface area (Å²) in [7, 11) is 0. The van der Waals surface area contributed by atoms with E-state index in [1.54, 1.807) is 10.5 Å². The number of aromatic nitrogens is 2. The van der Waals surface area contributed by atoms with Gasteiger partial charge < -0.3 is 10.2 Å². The molecule has 0 radical (unpaired) electrons. The number of hydrogen-bond donors (Lipinski definition) is 1. The van der Waals surface area contributed by atoms with Crippen LogP contribution in [0.5, 0.6) is 0 Å². The quantitative estimate of drug-likeness (QED) is 0.769. The van der Waals surface area contributed by atoms with E-state index in [0.29, 0.717) is 27.9 Å². The van der Waals surface area contributed by atoms with Gasteiger partial charge >= 0.3 is 0 Å². The molecule has 5 heteroatoms. The first-order valence-corrected chi connectivity index (χ1v) is 6.09. The van der Waals surface area contributed by atoms with Crippen LogP contribution in [0.1, 0.15) is 12.7 Å². The number of hydrogen-bond acceptors (Lipinski definition) is 3. The number of pyridine rings is 1. The first-order valence-electron chi connectivity index (χ1n) is 5.72. The summed E-state index contributed by atoms with van der Waals surface area (Å²) in [6, 6.07) is 7.43. The van der Waals surface area contributed by atoms with Crippen molar-refractivity contribution in [2.24, 2.45) is 0 Å². The van der Waals surface area contributed by atoms with Crippen molar-refractivity contribution in [2.75, 3.05) is 5.73 Å². The van der Waals surface area contributed by atoms with Crippen molar-refractivity contribution >= 4 is 23.1 Å². The number of nitrogens with two attached hydrogens (primary N) is 1.